The number of nitrogens with zero attached hydrogens (tertiary/aromatic N) is 2. The number of benzene rings is 1. The zero-order valence-corrected chi connectivity index (χ0v) is 15.5. The highest BCUT2D eigenvalue weighted by Crippen LogP contribution is 2.48. The molecule has 1 aliphatic heterocycles. The Morgan fingerprint density at radius 2 is 2.03 bits per heavy atom. The van der Waals surface area contributed by atoms with Crippen LogP contribution in [0.3, 0.4) is 0 Å². The minimum absolute atomic E-state index is 0.0248. The van der Waals surface area contributed by atoms with E-state index >= 15 is 0 Å². The van der Waals surface area contributed by atoms with Gasteiger partial charge in [-0.05, 0) is 17.0 Å². The van der Waals surface area contributed by atoms with Crippen molar-refractivity contribution in [2.45, 2.75) is 17.9 Å². The number of Topliss-reactive ketones (excluding diaryl/α,β-unsaturated/α-hetero) is 1. The molecule has 1 aliphatic rings. The first kappa shape index (κ1) is 20.7. The molecule has 8 nitrogen and oxygen atoms in total. The van der Waals surface area contributed by atoms with Gasteiger partial charge in [0.05, 0.1) is 15.8 Å². The van der Waals surface area contributed by atoms with Crippen molar-refractivity contribution in [1.82, 2.24) is 10.2 Å². The van der Waals surface area contributed by atoms with E-state index in [0.29, 0.717) is 0 Å². The number of urea groups is 1. The van der Waals surface area contributed by atoms with Gasteiger partial charge >= 0.3 is 12.2 Å². The molecule has 1 aromatic heterocycles. The molecule has 1 saturated heterocycles. The summed E-state index contributed by atoms with van der Waals surface area (Å²) >= 11 is 0.876. The van der Waals surface area contributed by atoms with Crippen LogP contribution in [-0.2, 0) is 0 Å². The molecule has 0 aliphatic carbocycles. The van der Waals surface area contributed by atoms with Gasteiger partial charge in [0.25, 0.3) is 11.4 Å². The Hall–Kier alpha value is -2.99. The molecule has 2 heterocycles. The Morgan fingerprint density at radius 3 is 2.59 bits per heavy atom. The predicted molar refractivity (Wildman–Crippen MR) is 95.3 cm³/mol. The Morgan fingerprint density at radius 1 is 1.34 bits per heavy atom. The highest BCUT2D eigenvalue weighted by molar-refractivity contribution is 7.12. The summed E-state index contributed by atoms with van der Waals surface area (Å²) in [5.41, 5.74) is -4.38. The second kappa shape index (κ2) is 7.12. The normalized spacial score (nSPS) is 24.9. The molecule has 12 heteroatoms. The first-order chi connectivity index (χ1) is 13.5. The van der Waals surface area contributed by atoms with Crippen molar-refractivity contribution in [3.63, 3.8) is 0 Å². The maximum Gasteiger partial charge on any atom is 0.437 e. The summed E-state index contributed by atoms with van der Waals surface area (Å²) in [5.74, 6) is -3.26. The van der Waals surface area contributed by atoms with Gasteiger partial charge in [0.15, 0.2) is 5.78 Å². The molecule has 1 aromatic carbocycles. The predicted octanol–water partition coefficient (Wildman–Crippen LogP) is 3.10. The average molecular weight is 429 g/mol. The van der Waals surface area contributed by atoms with Crippen molar-refractivity contribution in [1.29, 1.82) is 0 Å². The molecule has 2 aromatic rings. The molecule has 0 radical (unpaired) electrons. The number of ketones is 1. The van der Waals surface area contributed by atoms with E-state index in [2.05, 4.69) is 5.32 Å². The summed E-state index contributed by atoms with van der Waals surface area (Å²) < 4.78 is 41.9. The summed E-state index contributed by atoms with van der Waals surface area (Å²) in [6, 6.07) is 4.36. The smallest absolute Gasteiger partial charge is 0.363 e. The van der Waals surface area contributed by atoms with Crippen LogP contribution in [0, 0.1) is 16.0 Å². The Bertz CT molecular complexity index is 965. The topological polar surface area (TPSA) is 113 Å². The van der Waals surface area contributed by atoms with E-state index in [1.807, 2.05) is 0 Å². The average Bonchev–Trinajstić information content (AvgIpc) is 3.19. The first-order valence-electron chi connectivity index (χ1n) is 8.14. The molecule has 154 valence electrons. The number of amides is 2. The van der Waals surface area contributed by atoms with E-state index in [4.69, 9.17) is 0 Å². The second-order valence-electron chi connectivity index (χ2n) is 6.38. The summed E-state index contributed by atoms with van der Waals surface area (Å²) in [6.45, 7) is 0. The van der Waals surface area contributed by atoms with Crippen LogP contribution >= 0.6 is 11.3 Å². The van der Waals surface area contributed by atoms with Crippen LogP contribution in [0.4, 0.5) is 23.7 Å². The van der Waals surface area contributed by atoms with Crippen LogP contribution in [-0.4, -0.2) is 45.7 Å². The van der Waals surface area contributed by atoms with Gasteiger partial charge < -0.3 is 10.4 Å². The van der Waals surface area contributed by atoms with Crippen LogP contribution in [0.25, 0.3) is 0 Å². The van der Waals surface area contributed by atoms with Gasteiger partial charge in [0.2, 0.25) is 0 Å². The van der Waals surface area contributed by atoms with Crippen LogP contribution < -0.4 is 5.32 Å². The highest BCUT2D eigenvalue weighted by Gasteiger charge is 2.69. The van der Waals surface area contributed by atoms with Crippen molar-refractivity contribution < 1.29 is 32.8 Å². The number of thiophene rings is 1. The Balaban J connectivity index is 2.22. The van der Waals surface area contributed by atoms with Crippen LogP contribution in [0.1, 0.15) is 21.3 Å². The van der Waals surface area contributed by atoms with Gasteiger partial charge in [-0.3, -0.25) is 19.8 Å². The lowest BCUT2D eigenvalue weighted by molar-refractivity contribution is -0.385. The third-order valence-corrected chi connectivity index (χ3v) is 5.65. The second-order valence-corrected chi connectivity index (χ2v) is 7.33. The Kier molecular flexibility index (Phi) is 5.09. The van der Waals surface area contributed by atoms with Gasteiger partial charge in [0, 0.05) is 19.2 Å². The fourth-order valence-corrected chi connectivity index (χ4v) is 3.99. The molecule has 0 bridgehead atoms. The maximum atomic E-state index is 14.0. The number of hydrogen-bond acceptors (Lipinski definition) is 6. The van der Waals surface area contributed by atoms with Crippen LogP contribution in [0.2, 0.25) is 0 Å². The molecule has 3 rings (SSSR count). The molecule has 0 spiro atoms. The number of nitrogens with one attached hydrogen (secondary N) is 1. The third-order valence-electron chi connectivity index (χ3n) is 4.77. The number of non-ortho nitro benzene ring substituents is 1. The zero-order valence-electron chi connectivity index (χ0n) is 14.7. The number of hydrogen-bond donors (Lipinski definition) is 2. The molecule has 2 N–H and O–H groups in total. The number of carbonyl (C=O) groups is 2. The van der Waals surface area contributed by atoms with E-state index in [-0.39, 0.29) is 15.3 Å². The summed E-state index contributed by atoms with van der Waals surface area (Å²) in [5, 5.41) is 25.5. The zero-order chi connectivity index (χ0) is 21.6. The van der Waals surface area contributed by atoms with Crippen molar-refractivity contribution >= 4 is 28.8 Å². The molecule has 2 amide bonds. The van der Waals surface area contributed by atoms with Crippen molar-refractivity contribution in [3.8, 4) is 0 Å². The fourth-order valence-electron chi connectivity index (χ4n) is 3.29. The number of halogens is 3. The first-order valence-corrected chi connectivity index (χ1v) is 9.02. The summed E-state index contributed by atoms with van der Waals surface area (Å²) in [6.07, 6.45) is -5.38. The number of rotatable bonds is 4. The molecule has 0 saturated carbocycles. The molecule has 3 unspecified atom stereocenters. The summed E-state index contributed by atoms with van der Waals surface area (Å²) in [7, 11) is 0.723. The van der Waals surface area contributed by atoms with E-state index in [0.717, 1.165) is 30.5 Å². The number of nitro benzene ring substituents is 1. The number of carbonyl (C=O) groups excluding carboxylic acids is 2. The van der Waals surface area contributed by atoms with E-state index in [1.165, 1.54) is 29.6 Å². The maximum absolute atomic E-state index is 14.0. The summed E-state index contributed by atoms with van der Waals surface area (Å²) in [4.78, 5) is 35.5. The monoisotopic (exact) mass is 429 g/mol. The lowest BCUT2D eigenvalue weighted by Crippen LogP contribution is -2.72. The molecule has 3 atom stereocenters. The standard InChI is InChI=1S/C17H14F3N3O5S/c1-22-15(25)21-13(9-4-2-5-10(8-9)23(27)28)12(16(22,26)17(18,19)20)14(24)11-6-3-7-29-11/h2-8,12-13,26H,1H3,(H,21,25). The van der Waals surface area contributed by atoms with Crippen molar-refractivity contribution in [2.24, 2.45) is 5.92 Å². The number of alkyl halides is 3. The van der Waals surface area contributed by atoms with Crippen molar-refractivity contribution in [3.05, 3.63) is 62.3 Å². The van der Waals surface area contributed by atoms with E-state index in [9.17, 15) is 38.0 Å². The fraction of sp³-hybridized carbons (Fsp3) is 0.294. The minimum Gasteiger partial charge on any atom is -0.363 e. The van der Waals surface area contributed by atoms with Crippen LogP contribution in [0.5, 0.6) is 0 Å². The van der Waals surface area contributed by atoms with Gasteiger partial charge in [-0.1, -0.05) is 18.2 Å². The van der Waals surface area contributed by atoms with Gasteiger partial charge in [-0.2, -0.15) is 13.2 Å². The molecule has 1 fully saturated rings. The molecular formula is C17H14F3N3O5S. The lowest BCUT2D eigenvalue weighted by atomic mass is 9.78. The lowest BCUT2D eigenvalue weighted by Gasteiger charge is -2.49. The van der Waals surface area contributed by atoms with Crippen LogP contribution in [0.15, 0.2) is 41.8 Å². The SMILES string of the molecule is CN1C(=O)NC(c2cccc([N+](=O)[O-])c2)C(C(=O)c2cccs2)C1(O)C(F)(F)F. The highest BCUT2D eigenvalue weighted by atomic mass is 32.1. The van der Waals surface area contributed by atoms with Gasteiger partial charge in [-0.25, -0.2) is 4.79 Å². The van der Waals surface area contributed by atoms with Gasteiger partial charge in [0.1, 0.15) is 5.92 Å². The number of aliphatic hydroxyl groups is 1. The van der Waals surface area contributed by atoms with Crippen molar-refractivity contribution in [2.75, 3.05) is 7.05 Å². The number of nitro groups is 1. The molecule has 29 heavy (non-hydrogen) atoms. The van der Waals surface area contributed by atoms with Gasteiger partial charge in [-0.15, -0.1) is 11.3 Å². The quantitative estimate of drug-likeness (QED) is 0.441. The molecular weight excluding hydrogens is 415 g/mol. The third kappa shape index (κ3) is 3.34. The Labute approximate surface area is 165 Å². The van der Waals surface area contributed by atoms with E-state index in [1.54, 1.807) is 0 Å². The van der Waals surface area contributed by atoms with E-state index < -0.39 is 46.3 Å². The minimum atomic E-state index is -5.38. The largest absolute Gasteiger partial charge is 0.437 e.